The van der Waals surface area contributed by atoms with Crippen LogP contribution >= 0.6 is 0 Å². The zero-order valence-corrected chi connectivity index (χ0v) is 21.4. The van der Waals surface area contributed by atoms with Crippen LogP contribution in [0.2, 0.25) is 0 Å². The lowest BCUT2D eigenvalue weighted by Gasteiger charge is -2.16. The molecule has 0 aliphatic heterocycles. The van der Waals surface area contributed by atoms with E-state index in [0.717, 1.165) is 39.2 Å². The summed E-state index contributed by atoms with van der Waals surface area (Å²) < 4.78 is 9.36. The maximum absolute atomic E-state index is 10.1. The van der Waals surface area contributed by atoms with Crippen LogP contribution in [0, 0.1) is 6.92 Å². The summed E-state index contributed by atoms with van der Waals surface area (Å²) in [5.74, 6) is 1.28. The van der Waals surface area contributed by atoms with Crippen LogP contribution in [0.4, 0.5) is 5.69 Å². The molecule has 2 N–H and O–H groups in total. The Bertz CT molecular complexity index is 1410. The van der Waals surface area contributed by atoms with Crippen LogP contribution in [-0.4, -0.2) is 43.9 Å². The molecule has 0 atom stereocenters. The smallest absolute Gasteiger partial charge is 0.143 e. The van der Waals surface area contributed by atoms with Crippen LogP contribution in [-0.2, 0) is 13.6 Å². The highest BCUT2D eigenvalue weighted by atomic mass is 16.5. The lowest BCUT2D eigenvalue weighted by molar-refractivity contribution is 0.0577. The first-order chi connectivity index (χ1) is 17.2. The van der Waals surface area contributed by atoms with Gasteiger partial charge in [0.15, 0.2) is 0 Å². The van der Waals surface area contributed by atoms with Gasteiger partial charge >= 0.3 is 0 Å². The average molecular weight is 485 g/mol. The summed E-state index contributed by atoms with van der Waals surface area (Å²) in [6, 6.07) is 12.2. The molecule has 0 unspecified atom stereocenters. The molecule has 36 heavy (non-hydrogen) atoms. The minimum absolute atomic E-state index is 0.418. The molecule has 2 aromatic carbocycles. The van der Waals surface area contributed by atoms with Crippen LogP contribution in [0.1, 0.15) is 25.0 Å². The zero-order valence-electron chi connectivity index (χ0n) is 21.4. The summed E-state index contributed by atoms with van der Waals surface area (Å²) in [6.45, 7) is 9.76. The van der Waals surface area contributed by atoms with Crippen LogP contribution in [0.15, 0.2) is 72.1 Å². The molecule has 186 valence electrons. The third-order valence-corrected chi connectivity index (χ3v) is 5.83. The third-order valence-electron chi connectivity index (χ3n) is 5.83. The Labute approximate surface area is 211 Å². The van der Waals surface area contributed by atoms with Gasteiger partial charge in [-0.2, -0.15) is 5.10 Å². The Balaban J connectivity index is 1.61. The molecule has 0 saturated carbocycles. The number of benzene rings is 2. The van der Waals surface area contributed by atoms with E-state index in [1.54, 1.807) is 32.0 Å². The van der Waals surface area contributed by atoms with Crippen molar-refractivity contribution in [1.82, 2.24) is 19.3 Å². The number of aryl methyl sites for hydroxylation is 2. The SMILES string of the molecule is C=N/C(=C\c1cc(-c2cnn(CC(C)(C)O)c2)ccc1C)Nc1ccc(-c2cncn2C)cc1OC. The van der Waals surface area contributed by atoms with E-state index in [1.807, 2.05) is 54.5 Å². The van der Waals surface area contributed by atoms with E-state index in [9.17, 15) is 5.11 Å². The molecule has 4 rings (SSSR count). The molecule has 0 fully saturated rings. The lowest BCUT2D eigenvalue weighted by Crippen LogP contribution is -2.26. The molecule has 0 amide bonds. The monoisotopic (exact) mass is 484 g/mol. The number of aliphatic hydroxyl groups is 1. The van der Waals surface area contributed by atoms with E-state index in [0.29, 0.717) is 18.1 Å². The predicted molar refractivity (Wildman–Crippen MR) is 145 cm³/mol. The first-order valence-electron chi connectivity index (χ1n) is 11.6. The topological polar surface area (TPSA) is 89.5 Å². The highest BCUT2D eigenvalue weighted by Crippen LogP contribution is 2.32. The average Bonchev–Trinajstić information content (AvgIpc) is 3.47. The molecular weight excluding hydrogens is 452 g/mol. The van der Waals surface area contributed by atoms with Crippen LogP contribution in [0.3, 0.4) is 0 Å². The van der Waals surface area contributed by atoms with E-state index in [-0.39, 0.29) is 0 Å². The first kappa shape index (κ1) is 24.9. The van der Waals surface area contributed by atoms with E-state index in [4.69, 9.17) is 4.74 Å². The fourth-order valence-corrected chi connectivity index (χ4v) is 3.97. The van der Waals surface area contributed by atoms with E-state index >= 15 is 0 Å². The van der Waals surface area contributed by atoms with Crippen LogP contribution in [0.5, 0.6) is 5.75 Å². The Morgan fingerprint density at radius 1 is 1.17 bits per heavy atom. The molecule has 0 aliphatic rings. The summed E-state index contributed by atoms with van der Waals surface area (Å²) >= 11 is 0. The summed E-state index contributed by atoms with van der Waals surface area (Å²) in [4.78, 5) is 8.41. The lowest BCUT2D eigenvalue weighted by atomic mass is 10.0. The number of imidazole rings is 1. The number of hydrogen-bond acceptors (Lipinski definition) is 6. The van der Waals surface area contributed by atoms with Gasteiger partial charge in [0, 0.05) is 24.4 Å². The molecule has 0 spiro atoms. The molecule has 0 bridgehead atoms. The van der Waals surface area contributed by atoms with Gasteiger partial charge in [0.2, 0.25) is 0 Å². The van der Waals surface area contributed by atoms with Crippen molar-refractivity contribution in [3.05, 3.63) is 78.3 Å². The highest BCUT2D eigenvalue weighted by Gasteiger charge is 2.15. The second kappa shape index (κ2) is 10.2. The normalized spacial score (nSPS) is 12.0. The number of anilines is 1. The minimum atomic E-state index is -0.836. The highest BCUT2D eigenvalue weighted by molar-refractivity contribution is 5.73. The number of nitrogens with zero attached hydrogens (tertiary/aromatic N) is 5. The van der Waals surface area contributed by atoms with Gasteiger partial charge in [-0.3, -0.25) is 4.68 Å². The molecule has 4 aromatic rings. The van der Waals surface area contributed by atoms with Gasteiger partial charge in [0.25, 0.3) is 0 Å². The Kier molecular flexibility index (Phi) is 7.07. The first-order valence-corrected chi connectivity index (χ1v) is 11.6. The summed E-state index contributed by atoms with van der Waals surface area (Å²) in [7, 11) is 3.60. The molecule has 2 aromatic heterocycles. The van der Waals surface area contributed by atoms with Crippen LogP contribution < -0.4 is 10.1 Å². The number of methoxy groups -OCH3 is 1. The maximum Gasteiger partial charge on any atom is 0.143 e. The molecule has 8 heteroatoms. The van der Waals surface area contributed by atoms with E-state index in [1.165, 1.54) is 0 Å². The Hall–Kier alpha value is -4.17. The third kappa shape index (κ3) is 5.72. The maximum atomic E-state index is 10.1. The molecule has 0 aliphatic carbocycles. The van der Waals surface area contributed by atoms with Crippen molar-refractivity contribution >= 4 is 18.5 Å². The molecule has 0 radical (unpaired) electrons. The fraction of sp³-hybridized carbons (Fsp3) is 0.250. The van der Waals surface area contributed by atoms with Crippen molar-refractivity contribution in [2.45, 2.75) is 32.9 Å². The number of ether oxygens (including phenoxy) is 1. The van der Waals surface area contributed by atoms with Gasteiger partial charge in [0.1, 0.15) is 11.6 Å². The van der Waals surface area contributed by atoms with Crippen molar-refractivity contribution < 1.29 is 9.84 Å². The molecule has 0 saturated heterocycles. The molecule has 8 nitrogen and oxygen atoms in total. The number of aromatic nitrogens is 4. The second-order valence-corrected chi connectivity index (χ2v) is 9.43. The predicted octanol–water partition coefficient (Wildman–Crippen LogP) is 5.15. The van der Waals surface area contributed by atoms with Crippen molar-refractivity contribution in [2.24, 2.45) is 12.0 Å². The van der Waals surface area contributed by atoms with Crippen molar-refractivity contribution in [3.63, 3.8) is 0 Å². The number of rotatable bonds is 9. The van der Waals surface area contributed by atoms with Crippen molar-refractivity contribution in [2.75, 3.05) is 12.4 Å². The zero-order chi connectivity index (χ0) is 25.9. The number of aliphatic imine (C=N–C) groups is 1. The van der Waals surface area contributed by atoms with Gasteiger partial charge in [-0.15, -0.1) is 0 Å². The number of hydrogen-bond donors (Lipinski definition) is 2. The van der Waals surface area contributed by atoms with Crippen molar-refractivity contribution in [3.8, 4) is 28.1 Å². The van der Waals surface area contributed by atoms with E-state index in [2.05, 4.69) is 52.2 Å². The Morgan fingerprint density at radius 2 is 1.94 bits per heavy atom. The summed E-state index contributed by atoms with van der Waals surface area (Å²) in [5.41, 5.74) is 6.05. The standard InChI is InChI=1S/C28H32N6O2/c1-19-7-8-20(23-14-31-34(16-23)17-28(2,3)35)11-22(19)13-27(29-4)32-24-10-9-21(12-26(24)36-6)25-15-30-18-33(25)5/h7-16,18,32,35H,4,17H2,1-3,5-6H3/b27-13+. The van der Waals surface area contributed by atoms with Crippen LogP contribution in [0.25, 0.3) is 28.5 Å². The second-order valence-electron chi connectivity index (χ2n) is 9.43. The van der Waals surface area contributed by atoms with Gasteiger partial charge in [-0.05, 0) is 68.5 Å². The molecular formula is C28H32N6O2. The van der Waals surface area contributed by atoms with Gasteiger partial charge < -0.3 is 19.7 Å². The summed E-state index contributed by atoms with van der Waals surface area (Å²) in [6.07, 6.45) is 9.30. The largest absolute Gasteiger partial charge is 0.495 e. The van der Waals surface area contributed by atoms with Crippen molar-refractivity contribution in [1.29, 1.82) is 0 Å². The van der Waals surface area contributed by atoms with Gasteiger partial charge in [-0.25, -0.2) is 9.98 Å². The quantitative estimate of drug-likeness (QED) is 0.321. The minimum Gasteiger partial charge on any atom is -0.495 e. The fourth-order valence-electron chi connectivity index (χ4n) is 3.97. The van der Waals surface area contributed by atoms with Gasteiger partial charge in [-0.1, -0.05) is 18.2 Å². The molecule has 2 heterocycles. The number of nitrogens with one attached hydrogen (secondary N) is 1. The van der Waals surface area contributed by atoms with E-state index < -0.39 is 5.60 Å². The Morgan fingerprint density at radius 3 is 2.61 bits per heavy atom. The van der Waals surface area contributed by atoms with Gasteiger partial charge in [0.05, 0.1) is 49.4 Å². The summed E-state index contributed by atoms with van der Waals surface area (Å²) in [5, 5.41) is 17.8.